The Hall–Kier alpha value is -1.55. The van der Waals surface area contributed by atoms with Crippen molar-refractivity contribution in [2.75, 3.05) is 11.1 Å². The molecular formula is C13H15NO2S. The van der Waals surface area contributed by atoms with Gasteiger partial charge < -0.3 is 5.32 Å². The highest BCUT2D eigenvalue weighted by Gasteiger charge is 2.08. The number of hydrogen-bond donors (Lipinski definition) is 1. The van der Waals surface area contributed by atoms with Crippen LogP contribution < -0.4 is 5.32 Å². The number of rotatable bonds is 6. The fourth-order valence-corrected chi connectivity index (χ4v) is 2.01. The van der Waals surface area contributed by atoms with Crippen LogP contribution in [0.3, 0.4) is 0 Å². The number of ketones is 1. The van der Waals surface area contributed by atoms with Crippen molar-refractivity contribution in [3.8, 4) is 0 Å². The minimum absolute atomic E-state index is 0.0829. The molecule has 0 heterocycles. The lowest BCUT2D eigenvalue weighted by Gasteiger charge is -2.09. The molecule has 0 aromatic heterocycles. The van der Waals surface area contributed by atoms with Crippen LogP contribution in [-0.2, 0) is 9.59 Å². The Morgan fingerprint density at radius 1 is 1.41 bits per heavy atom. The van der Waals surface area contributed by atoms with Crippen molar-refractivity contribution >= 4 is 29.1 Å². The molecule has 1 aromatic rings. The molecule has 0 spiro atoms. The van der Waals surface area contributed by atoms with Gasteiger partial charge in [0.05, 0.1) is 12.1 Å². The minimum Gasteiger partial charge on any atom is -0.325 e. The SMILES string of the molecule is C=CCSc1ccccc1NC(=O)CC(C)=O. The minimum atomic E-state index is -0.274. The number of carbonyl (C=O) groups excluding carboxylic acids is 2. The molecule has 3 nitrogen and oxygen atoms in total. The van der Waals surface area contributed by atoms with Crippen LogP contribution in [0.25, 0.3) is 0 Å². The Labute approximate surface area is 105 Å². The summed E-state index contributed by atoms with van der Waals surface area (Å²) in [5, 5.41) is 2.74. The van der Waals surface area contributed by atoms with Crippen LogP contribution in [0.1, 0.15) is 13.3 Å². The standard InChI is InChI=1S/C13H15NO2S/c1-3-8-17-12-7-5-4-6-11(12)14-13(16)9-10(2)15/h3-7H,1,8-9H2,2H3,(H,14,16). The monoisotopic (exact) mass is 249 g/mol. The van der Waals surface area contributed by atoms with Gasteiger partial charge in [0.1, 0.15) is 5.78 Å². The average molecular weight is 249 g/mol. The molecule has 90 valence electrons. The van der Waals surface area contributed by atoms with Crippen molar-refractivity contribution in [2.24, 2.45) is 0 Å². The largest absolute Gasteiger partial charge is 0.325 e. The van der Waals surface area contributed by atoms with E-state index in [4.69, 9.17) is 0 Å². The molecule has 0 aliphatic carbocycles. The molecule has 1 N–H and O–H groups in total. The molecule has 0 aliphatic heterocycles. The number of anilines is 1. The average Bonchev–Trinajstić information content (AvgIpc) is 2.26. The first-order valence-corrected chi connectivity index (χ1v) is 6.24. The predicted molar refractivity (Wildman–Crippen MR) is 71.3 cm³/mol. The van der Waals surface area contributed by atoms with Crippen LogP contribution in [0.5, 0.6) is 0 Å². The summed E-state index contributed by atoms with van der Waals surface area (Å²) in [4.78, 5) is 23.3. The first-order chi connectivity index (χ1) is 8.13. The lowest BCUT2D eigenvalue weighted by molar-refractivity contribution is -0.124. The van der Waals surface area contributed by atoms with Gasteiger partial charge in [-0.1, -0.05) is 18.2 Å². The van der Waals surface area contributed by atoms with Gasteiger partial charge in [-0.3, -0.25) is 9.59 Å². The smallest absolute Gasteiger partial charge is 0.231 e. The van der Waals surface area contributed by atoms with Crippen LogP contribution in [0.4, 0.5) is 5.69 Å². The van der Waals surface area contributed by atoms with Gasteiger partial charge in [0, 0.05) is 10.6 Å². The highest BCUT2D eigenvalue weighted by atomic mass is 32.2. The Bertz CT molecular complexity index is 429. The van der Waals surface area contributed by atoms with E-state index >= 15 is 0 Å². The number of thioether (sulfide) groups is 1. The number of Topliss-reactive ketones (excluding diaryl/α,β-unsaturated/α-hetero) is 1. The second kappa shape index (κ2) is 6.91. The zero-order valence-corrected chi connectivity index (χ0v) is 10.5. The summed E-state index contributed by atoms with van der Waals surface area (Å²) < 4.78 is 0. The lowest BCUT2D eigenvalue weighted by Crippen LogP contribution is -2.15. The van der Waals surface area contributed by atoms with Crippen molar-refractivity contribution in [3.63, 3.8) is 0 Å². The highest BCUT2D eigenvalue weighted by molar-refractivity contribution is 7.99. The Morgan fingerprint density at radius 3 is 2.76 bits per heavy atom. The van der Waals surface area contributed by atoms with Crippen LogP contribution in [-0.4, -0.2) is 17.4 Å². The molecule has 1 aromatic carbocycles. The van der Waals surface area contributed by atoms with Gasteiger partial charge in [0.2, 0.25) is 5.91 Å². The van der Waals surface area contributed by atoms with E-state index in [1.165, 1.54) is 6.92 Å². The second-order valence-electron chi connectivity index (χ2n) is 3.52. The van der Waals surface area contributed by atoms with Crippen molar-refractivity contribution in [1.29, 1.82) is 0 Å². The molecule has 0 aliphatic rings. The number of benzene rings is 1. The van der Waals surface area contributed by atoms with E-state index in [1.54, 1.807) is 17.8 Å². The molecule has 0 atom stereocenters. The summed E-state index contributed by atoms with van der Waals surface area (Å²) in [7, 11) is 0. The van der Waals surface area contributed by atoms with Gasteiger partial charge >= 0.3 is 0 Å². The van der Waals surface area contributed by atoms with Gasteiger partial charge in [-0.15, -0.1) is 18.3 Å². The quantitative estimate of drug-likeness (QED) is 0.479. The maximum atomic E-state index is 11.5. The van der Waals surface area contributed by atoms with Crippen LogP contribution in [0.15, 0.2) is 41.8 Å². The van der Waals surface area contributed by atoms with E-state index in [-0.39, 0.29) is 18.1 Å². The van der Waals surface area contributed by atoms with E-state index in [9.17, 15) is 9.59 Å². The second-order valence-corrected chi connectivity index (χ2v) is 4.58. The third-order valence-electron chi connectivity index (χ3n) is 1.93. The van der Waals surface area contributed by atoms with Crippen LogP contribution in [0, 0.1) is 0 Å². The van der Waals surface area contributed by atoms with Gasteiger partial charge in [0.25, 0.3) is 0 Å². The van der Waals surface area contributed by atoms with Crippen LogP contribution in [0.2, 0.25) is 0 Å². The molecule has 0 radical (unpaired) electrons. The molecule has 0 saturated carbocycles. The van der Waals surface area contributed by atoms with E-state index < -0.39 is 0 Å². The van der Waals surface area contributed by atoms with Crippen molar-refractivity contribution in [1.82, 2.24) is 0 Å². The van der Waals surface area contributed by atoms with E-state index in [1.807, 2.05) is 24.3 Å². The van der Waals surface area contributed by atoms with E-state index in [2.05, 4.69) is 11.9 Å². The zero-order valence-electron chi connectivity index (χ0n) is 9.73. The van der Waals surface area contributed by atoms with E-state index in [0.717, 1.165) is 16.3 Å². The molecule has 0 saturated heterocycles. The predicted octanol–water partition coefficient (Wildman–Crippen LogP) is 2.88. The lowest BCUT2D eigenvalue weighted by atomic mass is 10.2. The molecule has 0 fully saturated rings. The Kier molecular flexibility index (Phi) is 5.49. The first kappa shape index (κ1) is 13.5. The summed E-state index contributed by atoms with van der Waals surface area (Å²) in [6.45, 7) is 5.05. The Balaban J connectivity index is 2.72. The fourth-order valence-electron chi connectivity index (χ4n) is 1.26. The summed E-state index contributed by atoms with van der Waals surface area (Å²) >= 11 is 1.59. The van der Waals surface area contributed by atoms with E-state index in [0.29, 0.717) is 0 Å². The van der Waals surface area contributed by atoms with Crippen molar-refractivity contribution in [3.05, 3.63) is 36.9 Å². The Morgan fingerprint density at radius 2 is 2.12 bits per heavy atom. The molecule has 1 rings (SSSR count). The maximum absolute atomic E-state index is 11.5. The maximum Gasteiger partial charge on any atom is 0.231 e. The number of amides is 1. The topological polar surface area (TPSA) is 46.2 Å². The highest BCUT2D eigenvalue weighted by Crippen LogP contribution is 2.26. The number of para-hydroxylation sites is 1. The third kappa shape index (κ3) is 4.87. The molecule has 0 bridgehead atoms. The summed E-state index contributed by atoms with van der Waals surface area (Å²) in [5.41, 5.74) is 0.741. The van der Waals surface area contributed by atoms with Gasteiger partial charge in [0.15, 0.2) is 0 Å². The molecular weight excluding hydrogens is 234 g/mol. The molecule has 4 heteroatoms. The van der Waals surface area contributed by atoms with Gasteiger partial charge in [-0.2, -0.15) is 0 Å². The van der Waals surface area contributed by atoms with Crippen LogP contribution >= 0.6 is 11.8 Å². The molecule has 0 unspecified atom stereocenters. The number of hydrogen-bond acceptors (Lipinski definition) is 3. The molecule has 17 heavy (non-hydrogen) atoms. The number of carbonyl (C=O) groups is 2. The normalized spacial score (nSPS) is 9.71. The summed E-state index contributed by atoms with van der Waals surface area (Å²) in [6.07, 6.45) is 1.72. The van der Waals surface area contributed by atoms with Crippen molar-refractivity contribution < 1.29 is 9.59 Å². The third-order valence-corrected chi connectivity index (χ3v) is 3.00. The van der Waals surface area contributed by atoms with Gasteiger partial charge in [-0.25, -0.2) is 0 Å². The first-order valence-electron chi connectivity index (χ1n) is 5.25. The fraction of sp³-hybridized carbons (Fsp3) is 0.231. The summed E-state index contributed by atoms with van der Waals surface area (Å²) in [5.74, 6) is 0.363. The van der Waals surface area contributed by atoms with Gasteiger partial charge in [-0.05, 0) is 19.1 Å². The van der Waals surface area contributed by atoms with Crippen molar-refractivity contribution in [2.45, 2.75) is 18.2 Å². The summed E-state index contributed by atoms with van der Waals surface area (Å²) in [6, 6.07) is 7.51. The number of nitrogens with one attached hydrogen (secondary N) is 1. The molecule has 1 amide bonds. The zero-order chi connectivity index (χ0) is 12.7.